The Balaban J connectivity index is 1.58. The SMILES string of the molecule is CN=C(NCC1CC=CCC1)N1CCC(C)C(n2ccnc2)C1. The number of piperidine rings is 1. The zero-order chi connectivity index (χ0) is 16.1. The van der Waals surface area contributed by atoms with E-state index in [4.69, 9.17) is 0 Å². The second kappa shape index (κ2) is 7.66. The van der Waals surface area contributed by atoms with Crippen LogP contribution in [0.15, 0.2) is 35.9 Å². The van der Waals surface area contributed by atoms with Crippen molar-refractivity contribution in [1.82, 2.24) is 19.8 Å². The standard InChI is InChI=1S/C18H29N5/c1-15-8-10-22(13-17(15)23-11-9-20-14-23)18(19-2)21-12-16-6-4-3-5-7-16/h3-4,9,11,14-17H,5-8,10,12-13H2,1-2H3,(H,19,21). The number of rotatable bonds is 3. The lowest BCUT2D eigenvalue weighted by Crippen LogP contribution is -2.49. The van der Waals surface area contributed by atoms with Crippen LogP contribution in [0.25, 0.3) is 0 Å². The first-order valence-corrected chi connectivity index (χ1v) is 8.86. The van der Waals surface area contributed by atoms with E-state index in [9.17, 15) is 0 Å². The summed E-state index contributed by atoms with van der Waals surface area (Å²) in [5, 5.41) is 3.61. The zero-order valence-electron chi connectivity index (χ0n) is 14.4. The summed E-state index contributed by atoms with van der Waals surface area (Å²) in [6.45, 7) is 5.45. The van der Waals surface area contributed by atoms with Gasteiger partial charge in [-0.2, -0.15) is 0 Å². The Morgan fingerprint density at radius 1 is 1.35 bits per heavy atom. The normalized spacial score (nSPS) is 28.9. The van der Waals surface area contributed by atoms with E-state index in [-0.39, 0.29) is 0 Å². The minimum absolute atomic E-state index is 0.474. The predicted molar refractivity (Wildman–Crippen MR) is 94.5 cm³/mol. The minimum atomic E-state index is 0.474. The van der Waals surface area contributed by atoms with Gasteiger partial charge < -0.3 is 14.8 Å². The first-order valence-electron chi connectivity index (χ1n) is 8.86. The fourth-order valence-electron chi connectivity index (χ4n) is 3.70. The van der Waals surface area contributed by atoms with Crippen molar-refractivity contribution in [2.75, 3.05) is 26.7 Å². The first kappa shape index (κ1) is 16.1. The van der Waals surface area contributed by atoms with E-state index in [1.807, 2.05) is 19.6 Å². The van der Waals surface area contributed by atoms with Crippen LogP contribution < -0.4 is 5.32 Å². The van der Waals surface area contributed by atoms with Gasteiger partial charge in [0.05, 0.1) is 12.4 Å². The molecule has 3 unspecified atom stereocenters. The van der Waals surface area contributed by atoms with E-state index in [0.29, 0.717) is 12.0 Å². The highest BCUT2D eigenvalue weighted by Gasteiger charge is 2.29. The highest BCUT2D eigenvalue weighted by atomic mass is 15.3. The molecule has 0 bridgehead atoms. The molecule has 0 spiro atoms. The van der Waals surface area contributed by atoms with Gasteiger partial charge in [-0.05, 0) is 37.5 Å². The van der Waals surface area contributed by atoms with Gasteiger partial charge in [0, 0.05) is 39.1 Å². The van der Waals surface area contributed by atoms with E-state index in [0.717, 1.165) is 31.5 Å². The third-order valence-electron chi connectivity index (χ3n) is 5.26. The lowest BCUT2D eigenvalue weighted by Gasteiger charge is -2.39. The summed E-state index contributed by atoms with van der Waals surface area (Å²) in [5.74, 6) is 2.46. The average molecular weight is 315 g/mol. The maximum Gasteiger partial charge on any atom is 0.193 e. The van der Waals surface area contributed by atoms with Gasteiger partial charge >= 0.3 is 0 Å². The Kier molecular flexibility index (Phi) is 5.36. The topological polar surface area (TPSA) is 45.5 Å². The van der Waals surface area contributed by atoms with Crippen molar-refractivity contribution in [1.29, 1.82) is 0 Å². The smallest absolute Gasteiger partial charge is 0.193 e. The van der Waals surface area contributed by atoms with Gasteiger partial charge in [-0.3, -0.25) is 4.99 Å². The Morgan fingerprint density at radius 3 is 2.96 bits per heavy atom. The van der Waals surface area contributed by atoms with Gasteiger partial charge in [-0.25, -0.2) is 4.98 Å². The van der Waals surface area contributed by atoms with Crippen LogP contribution >= 0.6 is 0 Å². The summed E-state index contributed by atoms with van der Waals surface area (Å²) in [6, 6.07) is 0.474. The number of hydrogen-bond acceptors (Lipinski definition) is 2. The minimum Gasteiger partial charge on any atom is -0.356 e. The molecule has 0 radical (unpaired) electrons. The first-order chi connectivity index (χ1) is 11.3. The van der Waals surface area contributed by atoms with Crippen LogP contribution in [-0.2, 0) is 0 Å². The van der Waals surface area contributed by atoms with Crippen molar-refractivity contribution in [3.8, 4) is 0 Å². The van der Waals surface area contributed by atoms with Gasteiger partial charge in [0.15, 0.2) is 5.96 Å². The Hall–Kier alpha value is -1.78. The molecule has 1 aliphatic carbocycles. The third kappa shape index (κ3) is 3.95. The van der Waals surface area contributed by atoms with Crippen molar-refractivity contribution < 1.29 is 0 Å². The molecule has 1 aromatic heterocycles. The van der Waals surface area contributed by atoms with Crippen LogP contribution in [0.5, 0.6) is 0 Å². The second-order valence-electron chi connectivity index (χ2n) is 6.87. The monoisotopic (exact) mass is 315 g/mol. The van der Waals surface area contributed by atoms with E-state index in [2.05, 4.69) is 50.0 Å². The number of allylic oxidation sites excluding steroid dienone is 2. The maximum atomic E-state index is 4.53. The van der Waals surface area contributed by atoms with E-state index < -0.39 is 0 Å². The summed E-state index contributed by atoms with van der Waals surface area (Å²) >= 11 is 0. The second-order valence-corrected chi connectivity index (χ2v) is 6.87. The van der Waals surface area contributed by atoms with Gasteiger partial charge in [-0.1, -0.05) is 19.1 Å². The average Bonchev–Trinajstić information content (AvgIpc) is 3.12. The fourth-order valence-corrected chi connectivity index (χ4v) is 3.70. The maximum absolute atomic E-state index is 4.53. The molecule has 3 rings (SSSR count). The molecule has 5 heteroatoms. The Labute approximate surface area is 139 Å². The molecule has 1 aromatic rings. The third-order valence-corrected chi connectivity index (χ3v) is 5.26. The summed E-state index contributed by atoms with van der Waals surface area (Å²) in [6.07, 6.45) is 15.4. The van der Waals surface area contributed by atoms with Crippen LogP contribution in [0.3, 0.4) is 0 Å². The number of aliphatic imine (C=N–C) groups is 1. The largest absolute Gasteiger partial charge is 0.356 e. The van der Waals surface area contributed by atoms with Crippen LogP contribution in [0.4, 0.5) is 0 Å². The Bertz CT molecular complexity index is 534. The highest BCUT2D eigenvalue weighted by Crippen LogP contribution is 2.27. The lowest BCUT2D eigenvalue weighted by atomic mass is 9.93. The molecule has 0 saturated carbocycles. The van der Waals surface area contributed by atoms with Gasteiger partial charge in [-0.15, -0.1) is 0 Å². The fraction of sp³-hybridized carbons (Fsp3) is 0.667. The number of nitrogens with zero attached hydrogens (tertiary/aromatic N) is 4. The molecule has 1 saturated heterocycles. The molecule has 0 amide bonds. The summed E-state index contributed by atoms with van der Waals surface area (Å²) < 4.78 is 2.25. The molecule has 5 nitrogen and oxygen atoms in total. The van der Waals surface area contributed by atoms with Crippen molar-refractivity contribution in [2.24, 2.45) is 16.8 Å². The summed E-state index contributed by atoms with van der Waals surface area (Å²) in [4.78, 5) is 11.1. The molecule has 126 valence electrons. The predicted octanol–water partition coefficient (Wildman–Crippen LogP) is 2.70. The summed E-state index contributed by atoms with van der Waals surface area (Å²) in [5.41, 5.74) is 0. The van der Waals surface area contributed by atoms with Gasteiger partial charge in [0.2, 0.25) is 0 Å². The molecule has 23 heavy (non-hydrogen) atoms. The quantitative estimate of drug-likeness (QED) is 0.530. The van der Waals surface area contributed by atoms with Gasteiger partial charge in [0.1, 0.15) is 0 Å². The number of aromatic nitrogens is 2. The van der Waals surface area contributed by atoms with E-state index in [1.54, 1.807) is 0 Å². The number of imidazole rings is 1. The number of likely N-dealkylation sites (tertiary alicyclic amines) is 1. The molecular weight excluding hydrogens is 286 g/mol. The molecule has 2 aliphatic rings. The molecule has 2 heterocycles. The number of nitrogens with one attached hydrogen (secondary N) is 1. The molecule has 1 N–H and O–H groups in total. The lowest BCUT2D eigenvalue weighted by molar-refractivity contribution is 0.188. The molecular formula is C18H29N5. The van der Waals surface area contributed by atoms with Gasteiger partial charge in [0.25, 0.3) is 0 Å². The molecule has 1 aliphatic heterocycles. The Morgan fingerprint density at radius 2 is 2.26 bits per heavy atom. The highest BCUT2D eigenvalue weighted by molar-refractivity contribution is 5.80. The van der Waals surface area contributed by atoms with E-state index >= 15 is 0 Å². The van der Waals surface area contributed by atoms with Crippen LogP contribution in [0.2, 0.25) is 0 Å². The summed E-state index contributed by atoms with van der Waals surface area (Å²) in [7, 11) is 1.90. The van der Waals surface area contributed by atoms with Crippen LogP contribution in [0, 0.1) is 11.8 Å². The van der Waals surface area contributed by atoms with E-state index in [1.165, 1.54) is 25.7 Å². The molecule has 1 fully saturated rings. The number of hydrogen-bond donors (Lipinski definition) is 1. The van der Waals surface area contributed by atoms with Crippen molar-refractivity contribution in [3.05, 3.63) is 30.9 Å². The zero-order valence-corrected chi connectivity index (χ0v) is 14.4. The van der Waals surface area contributed by atoms with Crippen molar-refractivity contribution >= 4 is 5.96 Å². The van der Waals surface area contributed by atoms with Crippen molar-refractivity contribution in [2.45, 2.75) is 38.6 Å². The molecule has 0 aromatic carbocycles. The van der Waals surface area contributed by atoms with Crippen molar-refractivity contribution in [3.63, 3.8) is 0 Å². The number of guanidine groups is 1. The van der Waals surface area contributed by atoms with Crippen LogP contribution in [-0.4, -0.2) is 47.1 Å². The molecule has 3 atom stereocenters. The van der Waals surface area contributed by atoms with Crippen LogP contribution in [0.1, 0.15) is 38.6 Å².